The number of hydrogen-bond acceptors (Lipinski definition) is 5. The number of aromatic nitrogens is 3. The van der Waals surface area contributed by atoms with Crippen molar-refractivity contribution in [3.63, 3.8) is 0 Å². The Hall–Kier alpha value is -2.15. The molecule has 4 heterocycles. The zero-order valence-corrected chi connectivity index (χ0v) is 14.1. The van der Waals surface area contributed by atoms with Crippen LogP contribution in [0, 0.1) is 5.92 Å². The predicted octanol–water partition coefficient (Wildman–Crippen LogP) is 0.720. The normalized spacial score (nSPS) is 23.0. The number of likely N-dealkylation sites (N-methyl/N-ethyl adjacent to an activating group) is 1. The SMILES string of the molecule is CN1CCN(C(=O)[C@H]2CCCN(c3nnc4ccccn34)C2)CC1. The molecule has 2 aromatic heterocycles. The standard InChI is InChI=1S/C17H24N6O/c1-20-9-11-21(12-10-20)16(24)14-5-4-7-22(13-14)17-19-18-15-6-2-3-8-23(15)17/h2-3,6,8,14H,4-5,7,9-13H2,1H3/t14-/m0/s1. The summed E-state index contributed by atoms with van der Waals surface area (Å²) in [6.45, 7) is 5.30. The van der Waals surface area contributed by atoms with Crippen LogP contribution in [0.5, 0.6) is 0 Å². The van der Waals surface area contributed by atoms with Gasteiger partial charge in [0.15, 0.2) is 5.65 Å². The van der Waals surface area contributed by atoms with Crippen molar-refractivity contribution >= 4 is 17.5 Å². The molecule has 0 saturated carbocycles. The molecule has 2 aliphatic rings. The van der Waals surface area contributed by atoms with Crippen LogP contribution >= 0.6 is 0 Å². The fraction of sp³-hybridized carbons (Fsp3) is 0.588. The van der Waals surface area contributed by atoms with E-state index in [4.69, 9.17) is 0 Å². The first-order valence-corrected chi connectivity index (χ1v) is 8.74. The Labute approximate surface area is 141 Å². The molecule has 1 amide bonds. The third-order valence-electron chi connectivity index (χ3n) is 5.16. The lowest BCUT2D eigenvalue weighted by Crippen LogP contribution is -2.51. The Balaban J connectivity index is 1.48. The zero-order chi connectivity index (χ0) is 16.5. The molecule has 0 bridgehead atoms. The number of anilines is 1. The molecule has 2 saturated heterocycles. The van der Waals surface area contributed by atoms with Gasteiger partial charge in [0.1, 0.15) is 0 Å². The molecule has 7 nitrogen and oxygen atoms in total. The van der Waals surface area contributed by atoms with Gasteiger partial charge in [0.25, 0.3) is 0 Å². The van der Waals surface area contributed by atoms with E-state index in [0.717, 1.165) is 63.7 Å². The maximum Gasteiger partial charge on any atom is 0.231 e. The summed E-state index contributed by atoms with van der Waals surface area (Å²) in [6, 6.07) is 5.90. The lowest BCUT2D eigenvalue weighted by atomic mass is 9.96. The maximum absolute atomic E-state index is 12.9. The van der Waals surface area contributed by atoms with Crippen molar-refractivity contribution < 1.29 is 4.79 Å². The Morgan fingerprint density at radius 2 is 1.96 bits per heavy atom. The monoisotopic (exact) mass is 328 g/mol. The van der Waals surface area contributed by atoms with Crippen LogP contribution in [-0.4, -0.2) is 76.6 Å². The van der Waals surface area contributed by atoms with Crippen LogP contribution in [0.4, 0.5) is 5.95 Å². The predicted molar refractivity (Wildman–Crippen MR) is 92.0 cm³/mol. The van der Waals surface area contributed by atoms with Crippen molar-refractivity contribution in [3.8, 4) is 0 Å². The van der Waals surface area contributed by atoms with Crippen molar-refractivity contribution in [1.29, 1.82) is 0 Å². The first-order chi connectivity index (χ1) is 11.7. The number of rotatable bonds is 2. The van der Waals surface area contributed by atoms with E-state index in [1.165, 1.54) is 0 Å². The number of carbonyl (C=O) groups is 1. The van der Waals surface area contributed by atoms with Crippen LogP contribution in [0.2, 0.25) is 0 Å². The average Bonchev–Trinajstić information content (AvgIpc) is 3.06. The number of amides is 1. The number of hydrogen-bond donors (Lipinski definition) is 0. The molecular formula is C17H24N6O. The van der Waals surface area contributed by atoms with E-state index in [1.807, 2.05) is 33.7 Å². The van der Waals surface area contributed by atoms with Gasteiger partial charge < -0.3 is 14.7 Å². The molecule has 0 N–H and O–H groups in total. The largest absolute Gasteiger partial charge is 0.340 e. The van der Waals surface area contributed by atoms with Gasteiger partial charge in [-0.2, -0.15) is 0 Å². The third kappa shape index (κ3) is 2.84. The third-order valence-corrected chi connectivity index (χ3v) is 5.16. The van der Waals surface area contributed by atoms with Crippen molar-refractivity contribution in [2.75, 3.05) is 51.2 Å². The summed E-state index contributed by atoms with van der Waals surface area (Å²) >= 11 is 0. The molecule has 2 aliphatic heterocycles. The highest BCUT2D eigenvalue weighted by Gasteiger charge is 2.31. The van der Waals surface area contributed by atoms with E-state index >= 15 is 0 Å². The summed E-state index contributed by atoms with van der Waals surface area (Å²) in [4.78, 5) is 19.4. The number of carbonyl (C=O) groups excluding carboxylic acids is 1. The van der Waals surface area contributed by atoms with Gasteiger partial charge in [0, 0.05) is 45.5 Å². The number of piperazine rings is 1. The van der Waals surface area contributed by atoms with Gasteiger partial charge in [-0.3, -0.25) is 9.20 Å². The quantitative estimate of drug-likeness (QED) is 0.813. The highest BCUT2D eigenvalue weighted by Crippen LogP contribution is 2.24. The second-order valence-electron chi connectivity index (χ2n) is 6.84. The smallest absolute Gasteiger partial charge is 0.231 e. The minimum atomic E-state index is 0.0678. The molecule has 24 heavy (non-hydrogen) atoms. The summed E-state index contributed by atoms with van der Waals surface area (Å²) < 4.78 is 2.00. The first kappa shape index (κ1) is 15.4. The van der Waals surface area contributed by atoms with Gasteiger partial charge in [-0.15, -0.1) is 10.2 Å². The van der Waals surface area contributed by atoms with Crippen molar-refractivity contribution in [3.05, 3.63) is 24.4 Å². The molecule has 2 fully saturated rings. The second-order valence-corrected chi connectivity index (χ2v) is 6.84. The Morgan fingerprint density at radius 1 is 1.12 bits per heavy atom. The second kappa shape index (κ2) is 6.39. The molecular weight excluding hydrogens is 304 g/mol. The van der Waals surface area contributed by atoms with Gasteiger partial charge in [-0.1, -0.05) is 6.07 Å². The van der Waals surface area contributed by atoms with E-state index in [2.05, 4.69) is 27.0 Å². The Morgan fingerprint density at radius 3 is 2.79 bits per heavy atom. The van der Waals surface area contributed by atoms with E-state index in [1.54, 1.807) is 0 Å². The number of piperidine rings is 1. The summed E-state index contributed by atoms with van der Waals surface area (Å²) in [5.41, 5.74) is 0.847. The molecule has 0 aromatic carbocycles. The molecule has 0 aliphatic carbocycles. The van der Waals surface area contributed by atoms with Gasteiger partial charge in [0.2, 0.25) is 11.9 Å². The van der Waals surface area contributed by atoms with Crippen LogP contribution in [-0.2, 0) is 4.79 Å². The first-order valence-electron chi connectivity index (χ1n) is 8.74. The highest BCUT2D eigenvalue weighted by molar-refractivity contribution is 5.80. The van der Waals surface area contributed by atoms with Crippen molar-refractivity contribution in [2.24, 2.45) is 5.92 Å². The molecule has 1 atom stereocenters. The lowest BCUT2D eigenvalue weighted by molar-refractivity contribution is -0.137. The van der Waals surface area contributed by atoms with Crippen LogP contribution in [0.15, 0.2) is 24.4 Å². The number of fused-ring (bicyclic) bond motifs is 1. The molecule has 4 rings (SSSR count). The fourth-order valence-corrected chi connectivity index (χ4v) is 3.69. The fourth-order valence-electron chi connectivity index (χ4n) is 3.69. The van der Waals surface area contributed by atoms with Crippen LogP contribution in [0.3, 0.4) is 0 Å². The Bertz CT molecular complexity index is 721. The average molecular weight is 328 g/mol. The topological polar surface area (TPSA) is 57.0 Å². The van der Waals surface area contributed by atoms with Crippen LogP contribution < -0.4 is 4.90 Å². The van der Waals surface area contributed by atoms with Crippen LogP contribution in [0.25, 0.3) is 5.65 Å². The van der Waals surface area contributed by atoms with E-state index in [0.29, 0.717) is 5.91 Å². The van der Waals surface area contributed by atoms with Crippen molar-refractivity contribution in [1.82, 2.24) is 24.4 Å². The molecule has 0 spiro atoms. The van der Waals surface area contributed by atoms with E-state index in [-0.39, 0.29) is 5.92 Å². The number of pyridine rings is 1. The Kier molecular flexibility index (Phi) is 4.10. The van der Waals surface area contributed by atoms with Gasteiger partial charge in [-0.05, 0) is 32.0 Å². The van der Waals surface area contributed by atoms with Crippen LogP contribution in [0.1, 0.15) is 12.8 Å². The number of nitrogens with zero attached hydrogens (tertiary/aromatic N) is 6. The summed E-state index contributed by atoms with van der Waals surface area (Å²) in [5, 5.41) is 8.57. The van der Waals surface area contributed by atoms with Gasteiger partial charge in [-0.25, -0.2) is 0 Å². The van der Waals surface area contributed by atoms with Gasteiger partial charge >= 0.3 is 0 Å². The molecule has 0 radical (unpaired) electrons. The molecule has 128 valence electrons. The van der Waals surface area contributed by atoms with E-state index < -0.39 is 0 Å². The summed E-state index contributed by atoms with van der Waals surface area (Å²) in [6.07, 6.45) is 3.97. The zero-order valence-electron chi connectivity index (χ0n) is 14.1. The maximum atomic E-state index is 12.9. The minimum absolute atomic E-state index is 0.0678. The highest BCUT2D eigenvalue weighted by atomic mass is 16.2. The molecule has 7 heteroatoms. The lowest BCUT2D eigenvalue weighted by Gasteiger charge is -2.38. The van der Waals surface area contributed by atoms with Crippen molar-refractivity contribution in [2.45, 2.75) is 12.8 Å². The summed E-state index contributed by atoms with van der Waals surface area (Å²) in [7, 11) is 2.11. The summed E-state index contributed by atoms with van der Waals surface area (Å²) in [5.74, 6) is 1.22. The molecule has 0 unspecified atom stereocenters. The van der Waals surface area contributed by atoms with E-state index in [9.17, 15) is 4.79 Å². The van der Waals surface area contributed by atoms with Gasteiger partial charge in [0.05, 0.1) is 5.92 Å². The minimum Gasteiger partial charge on any atom is -0.340 e. The molecule has 2 aromatic rings.